The van der Waals surface area contributed by atoms with Gasteiger partial charge in [-0.25, -0.2) is 0 Å². The normalized spacial score (nSPS) is 10.4. The molecule has 0 aliphatic carbocycles. The molecule has 0 bridgehead atoms. The van der Waals surface area contributed by atoms with Crippen molar-refractivity contribution < 1.29 is 4.79 Å². The van der Waals surface area contributed by atoms with Crippen molar-refractivity contribution in [2.75, 3.05) is 18.4 Å². The Kier molecular flexibility index (Phi) is 7.05. The average molecular weight is 353 g/mol. The van der Waals surface area contributed by atoms with E-state index in [1.54, 1.807) is 12.1 Å². The van der Waals surface area contributed by atoms with Crippen molar-refractivity contribution in [2.45, 2.75) is 19.8 Å². The number of halogens is 3. The van der Waals surface area contributed by atoms with Crippen molar-refractivity contribution in [3.63, 3.8) is 0 Å². The third-order valence-electron chi connectivity index (χ3n) is 2.64. The quantitative estimate of drug-likeness (QED) is 0.703. The van der Waals surface area contributed by atoms with Gasteiger partial charge in [0.15, 0.2) is 0 Å². The molecule has 0 radical (unpaired) electrons. The zero-order valence-corrected chi connectivity index (χ0v) is 13.4. The Hall–Kier alpha value is -0.250. The van der Waals surface area contributed by atoms with Crippen LogP contribution in [0, 0.1) is 0 Å². The standard InChI is InChI=1S/C13H16BrCl2NO/c1-2-17(7-3-6-14)13(18)9-10-4-5-11(15)12(16)8-10/h4-5,8H,2-3,6-7,9H2,1H3. The van der Waals surface area contributed by atoms with E-state index in [2.05, 4.69) is 15.9 Å². The third-order valence-corrected chi connectivity index (χ3v) is 3.94. The number of likely N-dealkylation sites (N-methyl/N-ethyl adjacent to an activating group) is 1. The minimum atomic E-state index is 0.122. The van der Waals surface area contributed by atoms with E-state index in [9.17, 15) is 4.79 Å². The van der Waals surface area contributed by atoms with Crippen LogP contribution in [0.25, 0.3) is 0 Å². The van der Waals surface area contributed by atoms with Crippen molar-refractivity contribution in [3.8, 4) is 0 Å². The van der Waals surface area contributed by atoms with Gasteiger partial charge in [-0.05, 0) is 31.0 Å². The summed E-state index contributed by atoms with van der Waals surface area (Å²) in [5.41, 5.74) is 0.895. The Balaban J connectivity index is 2.64. The van der Waals surface area contributed by atoms with Crippen molar-refractivity contribution in [2.24, 2.45) is 0 Å². The lowest BCUT2D eigenvalue weighted by molar-refractivity contribution is -0.130. The highest BCUT2D eigenvalue weighted by molar-refractivity contribution is 9.09. The first-order chi connectivity index (χ1) is 8.58. The van der Waals surface area contributed by atoms with Crippen LogP contribution in [0.3, 0.4) is 0 Å². The number of nitrogens with zero attached hydrogens (tertiary/aromatic N) is 1. The van der Waals surface area contributed by atoms with E-state index in [0.29, 0.717) is 16.5 Å². The smallest absolute Gasteiger partial charge is 0.226 e. The molecule has 1 amide bonds. The number of carbonyl (C=O) groups excluding carboxylic acids is 1. The van der Waals surface area contributed by atoms with E-state index in [1.165, 1.54) is 0 Å². The maximum absolute atomic E-state index is 12.1. The summed E-state index contributed by atoms with van der Waals surface area (Å²) in [5.74, 6) is 0.122. The molecule has 0 saturated carbocycles. The zero-order valence-electron chi connectivity index (χ0n) is 10.3. The minimum Gasteiger partial charge on any atom is -0.343 e. The van der Waals surface area contributed by atoms with Crippen LogP contribution in [0.1, 0.15) is 18.9 Å². The summed E-state index contributed by atoms with van der Waals surface area (Å²) >= 11 is 15.1. The molecule has 0 unspecified atom stereocenters. The van der Waals surface area contributed by atoms with E-state index >= 15 is 0 Å². The Morgan fingerprint density at radius 3 is 2.61 bits per heavy atom. The van der Waals surface area contributed by atoms with Crippen LogP contribution in [-0.2, 0) is 11.2 Å². The fraction of sp³-hybridized carbons (Fsp3) is 0.462. The van der Waals surface area contributed by atoms with Crippen LogP contribution in [0.5, 0.6) is 0 Å². The van der Waals surface area contributed by atoms with E-state index in [0.717, 1.165) is 30.4 Å². The predicted molar refractivity (Wildman–Crippen MR) is 80.8 cm³/mol. The van der Waals surface area contributed by atoms with Gasteiger partial charge in [0.25, 0.3) is 0 Å². The molecule has 2 nitrogen and oxygen atoms in total. The topological polar surface area (TPSA) is 20.3 Å². The Bertz CT molecular complexity index is 412. The van der Waals surface area contributed by atoms with Gasteiger partial charge in [-0.2, -0.15) is 0 Å². The molecule has 100 valence electrons. The van der Waals surface area contributed by atoms with Gasteiger partial charge in [-0.3, -0.25) is 4.79 Å². The number of benzene rings is 1. The lowest BCUT2D eigenvalue weighted by atomic mass is 10.1. The molecule has 1 rings (SSSR count). The highest BCUT2D eigenvalue weighted by Gasteiger charge is 2.12. The summed E-state index contributed by atoms with van der Waals surface area (Å²) < 4.78 is 0. The first-order valence-corrected chi connectivity index (χ1v) is 7.74. The molecule has 0 aliphatic heterocycles. The van der Waals surface area contributed by atoms with Gasteiger partial charge in [-0.1, -0.05) is 45.2 Å². The number of rotatable bonds is 6. The molecule has 0 spiro atoms. The largest absolute Gasteiger partial charge is 0.343 e. The van der Waals surface area contributed by atoms with E-state index < -0.39 is 0 Å². The monoisotopic (exact) mass is 351 g/mol. The molecule has 5 heteroatoms. The SMILES string of the molecule is CCN(CCCBr)C(=O)Cc1ccc(Cl)c(Cl)c1. The van der Waals surface area contributed by atoms with Crippen LogP contribution in [0.4, 0.5) is 0 Å². The molecule has 1 aromatic rings. The molecular weight excluding hydrogens is 337 g/mol. The molecule has 0 aromatic heterocycles. The predicted octanol–water partition coefficient (Wildman–Crippen LogP) is 4.17. The second-order valence-electron chi connectivity index (χ2n) is 3.94. The van der Waals surface area contributed by atoms with Crippen LogP contribution >= 0.6 is 39.1 Å². The number of hydrogen-bond donors (Lipinski definition) is 0. The first-order valence-electron chi connectivity index (χ1n) is 5.86. The molecule has 0 N–H and O–H groups in total. The lowest BCUT2D eigenvalue weighted by Gasteiger charge is -2.20. The van der Waals surface area contributed by atoms with Gasteiger partial charge < -0.3 is 4.90 Å². The van der Waals surface area contributed by atoms with Crippen molar-refractivity contribution >= 4 is 45.0 Å². The van der Waals surface area contributed by atoms with Crippen molar-refractivity contribution in [1.29, 1.82) is 0 Å². The van der Waals surface area contributed by atoms with E-state index in [-0.39, 0.29) is 5.91 Å². The van der Waals surface area contributed by atoms with Crippen LogP contribution in [-0.4, -0.2) is 29.2 Å². The zero-order chi connectivity index (χ0) is 13.5. The highest BCUT2D eigenvalue weighted by atomic mass is 79.9. The van der Waals surface area contributed by atoms with Gasteiger partial charge in [0.05, 0.1) is 16.5 Å². The number of alkyl halides is 1. The summed E-state index contributed by atoms with van der Waals surface area (Å²) in [6.45, 7) is 3.50. The molecule has 0 aliphatic rings. The van der Waals surface area contributed by atoms with Gasteiger partial charge in [0.2, 0.25) is 5.91 Å². The van der Waals surface area contributed by atoms with Crippen LogP contribution in [0.15, 0.2) is 18.2 Å². The molecule has 0 saturated heterocycles. The summed E-state index contributed by atoms with van der Waals surface area (Å²) in [6.07, 6.45) is 1.33. The van der Waals surface area contributed by atoms with Gasteiger partial charge in [0.1, 0.15) is 0 Å². The Morgan fingerprint density at radius 2 is 2.06 bits per heavy atom. The van der Waals surface area contributed by atoms with Crippen LogP contribution in [0.2, 0.25) is 10.0 Å². The average Bonchev–Trinajstić information content (AvgIpc) is 2.35. The fourth-order valence-corrected chi connectivity index (χ4v) is 2.22. The molecule has 1 aromatic carbocycles. The molecular formula is C13H16BrCl2NO. The van der Waals surface area contributed by atoms with Crippen molar-refractivity contribution in [1.82, 2.24) is 4.90 Å². The summed E-state index contributed by atoms with van der Waals surface area (Å²) in [6, 6.07) is 5.31. The van der Waals surface area contributed by atoms with Crippen molar-refractivity contribution in [3.05, 3.63) is 33.8 Å². The third kappa shape index (κ3) is 4.79. The summed E-state index contributed by atoms with van der Waals surface area (Å²) in [7, 11) is 0. The number of carbonyl (C=O) groups is 1. The Labute approximate surface area is 126 Å². The van der Waals surface area contributed by atoms with Gasteiger partial charge >= 0.3 is 0 Å². The maximum atomic E-state index is 12.1. The first kappa shape index (κ1) is 15.8. The van der Waals surface area contributed by atoms with E-state index in [4.69, 9.17) is 23.2 Å². The molecule has 0 heterocycles. The molecule has 0 fully saturated rings. The van der Waals surface area contributed by atoms with Crippen LogP contribution < -0.4 is 0 Å². The molecule has 18 heavy (non-hydrogen) atoms. The maximum Gasteiger partial charge on any atom is 0.226 e. The second kappa shape index (κ2) is 8.03. The Morgan fingerprint density at radius 1 is 1.33 bits per heavy atom. The summed E-state index contributed by atoms with van der Waals surface area (Å²) in [4.78, 5) is 13.9. The van der Waals surface area contributed by atoms with E-state index in [1.807, 2.05) is 17.9 Å². The summed E-state index contributed by atoms with van der Waals surface area (Å²) in [5, 5.41) is 1.91. The van der Waals surface area contributed by atoms with Gasteiger partial charge in [0, 0.05) is 18.4 Å². The highest BCUT2D eigenvalue weighted by Crippen LogP contribution is 2.23. The second-order valence-corrected chi connectivity index (χ2v) is 5.55. The lowest BCUT2D eigenvalue weighted by Crippen LogP contribution is -2.33. The fourth-order valence-electron chi connectivity index (χ4n) is 1.65. The number of hydrogen-bond acceptors (Lipinski definition) is 1. The molecule has 0 atom stereocenters. The number of amides is 1. The van der Waals surface area contributed by atoms with Gasteiger partial charge in [-0.15, -0.1) is 0 Å². The minimum absolute atomic E-state index is 0.122.